The van der Waals surface area contributed by atoms with Crippen molar-refractivity contribution < 1.29 is 9.52 Å². The molecular weight excluding hydrogens is 340 g/mol. The van der Waals surface area contributed by atoms with E-state index in [4.69, 9.17) is 9.68 Å². The lowest BCUT2D eigenvalue weighted by Crippen LogP contribution is -2.30. The summed E-state index contributed by atoms with van der Waals surface area (Å²) in [6, 6.07) is 17.7. The van der Waals surface area contributed by atoms with Gasteiger partial charge in [0.05, 0.1) is 23.3 Å². The summed E-state index contributed by atoms with van der Waals surface area (Å²) in [7, 11) is 0. The maximum absolute atomic E-state index is 11.8. The van der Waals surface area contributed by atoms with Gasteiger partial charge < -0.3 is 9.52 Å². The van der Waals surface area contributed by atoms with Gasteiger partial charge in [-0.15, -0.1) is 0 Å². The highest BCUT2D eigenvalue weighted by atomic mass is 16.4. The van der Waals surface area contributed by atoms with Crippen LogP contribution in [-0.4, -0.2) is 15.1 Å². The van der Waals surface area contributed by atoms with E-state index in [9.17, 15) is 10.4 Å². The van der Waals surface area contributed by atoms with E-state index in [1.54, 1.807) is 24.3 Å². The van der Waals surface area contributed by atoms with E-state index in [0.29, 0.717) is 16.7 Å². The van der Waals surface area contributed by atoms with Gasteiger partial charge in [0.15, 0.2) is 5.60 Å². The van der Waals surface area contributed by atoms with Crippen molar-refractivity contribution in [2.24, 2.45) is 0 Å². The number of aromatic nitrogens is 2. The molecule has 0 saturated carbocycles. The first-order valence-corrected chi connectivity index (χ1v) is 8.08. The molecule has 0 aliphatic carbocycles. The maximum Gasteiger partial charge on any atom is 0.177 e. The number of hydrogen-bond donors (Lipinski definition) is 1. The Kier molecular flexibility index (Phi) is 3.89. The van der Waals surface area contributed by atoms with Crippen molar-refractivity contribution in [2.45, 2.75) is 5.60 Å². The zero-order chi connectivity index (χ0) is 18.9. The zero-order valence-electron chi connectivity index (χ0n) is 14.0. The summed E-state index contributed by atoms with van der Waals surface area (Å²) in [5, 5.41) is 31.3. The molecule has 6 heteroatoms. The highest BCUT2D eigenvalue weighted by Crippen LogP contribution is 2.40. The smallest absolute Gasteiger partial charge is 0.177 e. The van der Waals surface area contributed by atoms with Crippen molar-refractivity contribution in [2.75, 3.05) is 0 Å². The Morgan fingerprint density at radius 3 is 2.44 bits per heavy atom. The van der Waals surface area contributed by atoms with Crippen molar-refractivity contribution in [3.05, 3.63) is 95.3 Å². The Labute approximate surface area is 154 Å². The van der Waals surface area contributed by atoms with Gasteiger partial charge in [0.2, 0.25) is 0 Å². The summed E-state index contributed by atoms with van der Waals surface area (Å²) in [6.07, 6.45) is 4.30. The second-order valence-corrected chi connectivity index (χ2v) is 5.97. The number of hydrogen-bond acceptors (Lipinski definition) is 6. The molecule has 1 unspecified atom stereocenters. The average Bonchev–Trinajstić information content (AvgIpc) is 3.18. The number of fused-ring (bicyclic) bond motifs is 1. The average molecular weight is 352 g/mol. The summed E-state index contributed by atoms with van der Waals surface area (Å²) in [5.74, 6) is 0.236. The summed E-state index contributed by atoms with van der Waals surface area (Å²) in [4.78, 5) is 7.99. The van der Waals surface area contributed by atoms with Gasteiger partial charge in [-0.1, -0.05) is 24.3 Å². The Morgan fingerprint density at radius 1 is 0.963 bits per heavy atom. The fourth-order valence-corrected chi connectivity index (χ4v) is 3.10. The molecule has 0 bridgehead atoms. The first-order chi connectivity index (χ1) is 13.2. The van der Waals surface area contributed by atoms with E-state index in [0.717, 1.165) is 5.39 Å². The first kappa shape index (κ1) is 16.5. The third-order valence-corrected chi connectivity index (χ3v) is 4.42. The van der Waals surface area contributed by atoms with E-state index in [1.165, 1.54) is 24.8 Å². The number of benzene rings is 2. The molecule has 0 saturated heterocycles. The molecule has 0 spiro atoms. The van der Waals surface area contributed by atoms with Crippen molar-refractivity contribution in [1.82, 2.24) is 9.97 Å². The van der Waals surface area contributed by atoms with Crippen LogP contribution >= 0.6 is 0 Å². The Bertz CT molecular complexity index is 1190. The molecule has 4 aromatic rings. The first-order valence-electron chi connectivity index (χ1n) is 8.08. The fraction of sp³-hybridized carbons (Fsp3) is 0.0476. The van der Waals surface area contributed by atoms with Crippen LogP contribution in [-0.2, 0) is 5.60 Å². The monoisotopic (exact) mass is 352 g/mol. The predicted octanol–water partition coefficient (Wildman–Crippen LogP) is 3.25. The van der Waals surface area contributed by atoms with Gasteiger partial charge in [-0.2, -0.15) is 10.5 Å². The van der Waals surface area contributed by atoms with Gasteiger partial charge in [-0.25, -0.2) is 9.97 Å². The van der Waals surface area contributed by atoms with E-state index in [2.05, 4.69) is 16.0 Å². The van der Waals surface area contributed by atoms with Gasteiger partial charge in [0.25, 0.3) is 0 Å². The van der Waals surface area contributed by atoms with E-state index >= 15 is 0 Å². The van der Waals surface area contributed by atoms with Gasteiger partial charge in [0.1, 0.15) is 17.7 Å². The topological polar surface area (TPSA) is 107 Å². The van der Waals surface area contributed by atoms with Crippen LogP contribution in [0.2, 0.25) is 0 Å². The van der Waals surface area contributed by atoms with Crippen LogP contribution in [0.1, 0.15) is 28.0 Å². The molecule has 0 fully saturated rings. The molecule has 4 rings (SSSR count). The number of nitrogens with zero attached hydrogens (tertiary/aromatic N) is 4. The quantitative estimate of drug-likeness (QED) is 0.606. The maximum atomic E-state index is 11.8. The zero-order valence-corrected chi connectivity index (χ0v) is 14.0. The molecule has 0 aliphatic rings. The lowest BCUT2D eigenvalue weighted by Gasteiger charge is -2.27. The molecule has 1 atom stereocenters. The molecule has 0 aliphatic heterocycles. The molecule has 2 aromatic carbocycles. The third-order valence-electron chi connectivity index (χ3n) is 4.42. The number of rotatable bonds is 3. The second-order valence-electron chi connectivity index (χ2n) is 5.97. The van der Waals surface area contributed by atoms with Crippen LogP contribution in [0.15, 0.2) is 71.7 Å². The molecule has 27 heavy (non-hydrogen) atoms. The minimum atomic E-state index is -1.79. The SMILES string of the molecule is N#Cc1ccc(C(O)(c2cncnc2)c2cc3ccccc3o2)c(C#N)c1. The molecular formula is C21H12N4O2. The number of furan rings is 1. The van der Waals surface area contributed by atoms with Crippen LogP contribution in [0.25, 0.3) is 11.0 Å². The van der Waals surface area contributed by atoms with E-state index in [-0.39, 0.29) is 16.9 Å². The molecule has 128 valence electrons. The van der Waals surface area contributed by atoms with Gasteiger partial charge in [-0.05, 0) is 24.3 Å². The van der Waals surface area contributed by atoms with Gasteiger partial charge in [-0.3, -0.25) is 0 Å². The third kappa shape index (κ3) is 2.62. The van der Waals surface area contributed by atoms with Crippen LogP contribution in [0, 0.1) is 22.7 Å². The van der Waals surface area contributed by atoms with Gasteiger partial charge in [0, 0.05) is 28.9 Å². The highest BCUT2D eigenvalue weighted by Gasteiger charge is 2.40. The lowest BCUT2D eigenvalue weighted by atomic mass is 9.82. The molecule has 2 aromatic heterocycles. The molecule has 1 N–H and O–H groups in total. The molecule has 6 nitrogen and oxygen atoms in total. The fourth-order valence-electron chi connectivity index (χ4n) is 3.10. The van der Waals surface area contributed by atoms with Crippen LogP contribution in [0.3, 0.4) is 0 Å². The van der Waals surface area contributed by atoms with Crippen molar-refractivity contribution in [1.29, 1.82) is 10.5 Å². The van der Waals surface area contributed by atoms with Crippen LogP contribution in [0.4, 0.5) is 0 Å². The molecule has 2 heterocycles. The van der Waals surface area contributed by atoms with E-state index < -0.39 is 5.60 Å². The summed E-state index contributed by atoms with van der Waals surface area (Å²) in [5.41, 5.74) is -0.0512. The van der Waals surface area contributed by atoms with Gasteiger partial charge >= 0.3 is 0 Å². The van der Waals surface area contributed by atoms with E-state index in [1.807, 2.05) is 24.3 Å². The largest absolute Gasteiger partial charge is 0.457 e. The molecule has 0 amide bonds. The number of nitriles is 2. The summed E-state index contributed by atoms with van der Waals surface area (Å²) in [6.45, 7) is 0. The second kappa shape index (κ2) is 6.38. The van der Waals surface area contributed by atoms with Crippen LogP contribution in [0.5, 0.6) is 0 Å². The number of aliphatic hydroxyl groups is 1. The Balaban J connectivity index is 2.04. The summed E-state index contributed by atoms with van der Waals surface area (Å²) >= 11 is 0. The minimum absolute atomic E-state index is 0.167. The van der Waals surface area contributed by atoms with Crippen molar-refractivity contribution in [3.8, 4) is 12.1 Å². The Hall–Kier alpha value is -4.00. The minimum Gasteiger partial charge on any atom is -0.457 e. The van der Waals surface area contributed by atoms with Crippen molar-refractivity contribution in [3.63, 3.8) is 0 Å². The number of para-hydroxylation sites is 1. The van der Waals surface area contributed by atoms with Crippen molar-refractivity contribution >= 4 is 11.0 Å². The normalized spacial score (nSPS) is 12.9. The predicted molar refractivity (Wildman–Crippen MR) is 96.2 cm³/mol. The Morgan fingerprint density at radius 2 is 1.74 bits per heavy atom. The molecule has 0 radical (unpaired) electrons. The highest BCUT2D eigenvalue weighted by molar-refractivity contribution is 5.78. The summed E-state index contributed by atoms with van der Waals surface area (Å²) < 4.78 is 5.92. The van der Waals surface area contributed by atoms with Crippen LogP contribution < -0.4 is 0 Å². The standard InChI is InChI=1S/C21H12N4O2/c22-9-14-5-6-18(16(7-14)10-23)21(26,17-11-24-13-25-12-17)20-8-15-3-1-2-4-19(15)27-20/h1-8,11-13,26H. The lowest BCUT2D eigenvalue weighted by molar-refractivity contribution is 0.1000.